The van der Waals surface area contributed by atoms with E-state index in [1.807, 2.05) is 24.3 Å². The van der Waals surface area contributed by atoms with Gasteiger partial charge >= 0.3 is 0 Å². The molecule has 0 aliphatic heterocycles. The third-order valence-corrected chi connectivity index (χ3v) is 7.03. The van der Waals surface area contributed by atoms with E-state index >= 15 is 0 Å². The number of anilines is 1. The van der Waals surface area contributed by atoms with Gasteiger partial charge in [-0.15, -0.1) is 0 Å². The lowest BCUT2D eigenvalue weighted by atomic mass is 9.44. The Hall–Kier alpha value is -1.22. The number of aromatic nitrogens is 1. The zero-order valence-electron chi connectivity index (χ0n) is 13.9. The lowest BCUT2D eigenvalue weighted by Crippen LogP contribution is -2.68. The number of aliphatic hydroxyl groups is 1. The van der Waals surface area contributed by atoms with Gasteiger partial charge in [0.15, 0.2) is 10.2 Å². The quantitative estimate of drug-likeness (QED) is 0.488. The molecule has 0 spiro atoms. The van der Waals surface area contributed by atoms with Crippen LogP contribution in [0.2, 0.25) is 5.31 Å². The monoisotopic (exact) mass is 372 g/mol. The van der Waals surface area contributed by atoms with Crippen LogP contribution in [0.5, 0.6) is 0 Å². The molecule has 5 nitrogen and oxygen atoms in total. The van der Waals surface area contributed by atoms with Crippen molar-refractivity contribution in [2.24, 2.45) is 11.7 Å². The second-order valence-electron chi connectivity index (χ2n) is 7.27. The van der Waals surface area contributed by atoms with Crippen LogP contribution in [0.3, 0.4) is 0 Å². The fourth-order valence-electron chi connectivity index (χ4n) is 4.26. The van der Waals surface area contributed by atoms with Gasteiger partial charge in [0.2, 0.25) is 0 Å². The first-order valence-corrected chi connectivity index (χ1v) is 9.80. The second kappa shape index (κ2) is 6.19. The summed E-state index contributed by atoms with van der Waals surface area (Å²) >= 11 is 6.91. The summed E-state index contributed by atoms with van der Waals surface area (Å²) in [4.78, 5) is 4.50. The van der Waals surface area contributed by atoms with Crippen LogP contribution in [-0.4, -0.2) is 41.2 Å². The topological polar surface area (TPSA) is 83.2 Å². The summed E-state index contributed by atoms with van der Waals surface area (Å²) in [7, 11) is 6.42. The summed E-state index contributed by atoms with van der Waals surface area (Å²) in [6.07, 6.45) is 3.60. The molecule has 8 heteroatoms. The van der Waals surface area contributed by atoms with Gasteiger partial charge in [0.1, 0.15) is 0 Å². The first kappa shape index (κ1) is 17.2. The molecule has 2 bridgehead atoms. The summed E-state index contributed by atoms with van der Waals surface area (Å²) in [5, 5.41) is 18.1. The first-order valence-electron chi connectivity index (χ1n) is 8.58. The summed E-state index contributed by atoms with van der Waals surface area (Å²) in [5.41, 5.74) is 6.25. The Morgan fingerprint density at radius 3 is 2.84 bits per heavy atom. The van der Waals surface area contributed by atoms with Crippen LogP contribution < -0.4 is 16.4 Å². The van der Waals surface area contributed by atoms with Crippen LogP contribution in [0.4, 0.5) is 5.13 Å². The minimum Gasteiger partial charge on any atom is -0.386 e. The molecule has 2 atom stereocenters. The predicted octanol–water partition coefficient (Wildman–Crippen LogP) is 2.17. The van der Waals surface area contributed by atoms with Gasteiger partial charge in [0.05, 0.1) is 23.7 Å². The number of hydrogen-bond acceptors (Lipinski definition) is 5. The van der Waals surface area contributed by atoms with E-state index in [9.17, 15) is 5.11 Å². The number of nitrogens with two attached hydrogens (primary N) is 1. The maximum absolute atomic E-state index is 11.2. The van der Waals surface area contributed by atoms with Gasteiger partial charge in [-0.1, -0.05) is 36.3 Å². The molecule has 5 N–H and O–H groups in total. The lowest BCUT2D eigenvalue weighted by molar-refractivity contribution is -0.104. The predicted molar refractivity (Wildman–Crippen MR) is 107 cm³/mol. The summed E-state index contributed by atoms with van der Waals surface area (Å²) in [6.45, 7) is 0.300. The van der Waals surface area contributed by atoms with Crippen LogP contribution in [0.1, 0.15) is 25.7 Å². The second-order valence-corrected chi connectivity index (χ2v) is 8.71. The van der Waals surface area contributed by atoms with Crippen LogP contribution in [0.25, 0.3) is 10.2 Å². The molecule has 25 heavy (non-hydrogen) atoms. The van der Waals surface area contributed by atoms with E-state index < -0.39 is 17.0 Å². The van der Waals surface area contributed by atoms with Crippen LogP contribution >= 0.6 is 23.6 Å². The Labute approximate surface area is 157 Å². The van der Waals surface area contributed by atoms with Crippen LogP contribution in [-0.2, 0) is 0 Å². The minimum absolute atomic E-state index is 0.172. The largest absolute Gasteiger partial charge is 0.386 e. The number of thiazole rings is 1. The van der Waals surface area contributed by atoms with Gasteiger partial charge in [0, 0.05) is 12.6 Å². The fraction of sp³-hybridized carbons (Fsp3) is 0.529. The first-order chi connectivity index (χ1) is 11.9. The van der Waals surface area contributed by atoms with Crippen molar-refractivity contribution in [1.29, 1.82) is 0 Å². The SMILES string of the molecule is [B]C12CCC(CC1)C(O)(CNC(=S)Nc1nc3ccccc3s1)C2N. The normalized spacial score (nSPS) is 34.2. The Kier molecular flexibility index (Phi) is 4.26. The van der Waals surface area contributed by atoms with Crippen LogP contribution in [0, 0.1) is 5.92 Å². The van der Waals surface area contributed by atoms with E-state index in [4.69, 9.17) is 25.8 Å². The number of hydrogen-bond donors (Lipinski definition) is 4. The average molecular weight is 372 g/mol. The van der Waals surface area contributed by atoms with Crippen molar-refractivity contribution in [2.45, 2.75) is 42.6 Å². The van der Waals surface area contributed by atoms with Gasteiger partial charge in [0.25, 0.3) is 0 Å². The third kappa shape index (κ3) is 2.95. The van der Waals surface area contributed by atoms with E-state index in [2.05, 4.69) is 15.6 Å². The van der Waals surface area contributed by atoms with Gasteiger partial charge in [-0.2, -0.15) is 0 Å². The van der Waals surface area contributed by atoms with Crippen molar-refractivity contribution in [1.82, 2.24) is 10.3 Å². The number of nitrogens with one attached hydrogen (secondary N) is 2. The molecule has 3 fully saturated rings. The highest BCUT2D eigenvalue weighted by Gasteiger charge is 2.56. The Balaban J connectivity index is 1.41. The molecule has 1 aromatic heterocycles. The van der Waals surface area contributed by atoms with E-state index in [-0.39, 0.29) is 5.92 Å². The smallest absolute Gasteiger partial charge is 0.190 e. The number of benzene rings is 1. The molecule has 3 aliphatic carbocycles. The highest BCUT2D eigenvalue weighted by Crippen LogP contribution is 2.56. The highest BCUT2D eigenvalue weighted by atomic mass is 32.1. The molecular formula is C17H21BN4OS2. The molecule has 5 rings (SSSR count). The zero-order chi connectivity index (χ0) is 17.7. The molecule has 3 saturated carbocycles. The number of rotatable bonds is 3. The van der Waals surface area contributed by atoms with Crippen molar-refractivity contribution in [3.63, 3.8) is 0 Å². The molecule has 1 aromatic carbocycles. The van der Waals surface area contributed by atoms with Crippen molar-refractivity contribution in [2.75, 3.05) is 11.9 Å². The summed E-state index contributed by atoms with van der Waals surface area (Å²) in [5.74, 6) is 0.172. The standard InChI is InChI=1S/C17H21BN4OS2/c18-16-7-5-10(6-8-16)17(23,13(16)19)9-20-14(24)22-15-21-11-3-1-2-4-12(11)25-15/h1-4,10,13,23H,5-9,19H2,(H2,20,21,22,24). The molecule has 0 saturated heterocycles. The van der Waals surface area contributed by atoms with Crippen LogP contribution in [0.15, 0.2) is 24.3 Å². The number of para-hydroxylation sites is 1. The maximum Gasteiger partial charge on any atom is 0.190 e. The number of nitrogens with zero attached hydrogens (tertiary/aromatic N) is 1. The molecule has 1 heterocycles. The van der Waals surface area contributed by atoms with Gasteiger partial charge in [-0.3, -0.25) is 0 Å². The molecule has 130 valence electrons. The molecule has 2 unspecified atom stereocenters. The van der Waals surface area contributed by atoms with Gasteiger partial charge in [-0.25, -0.2) is 4.98 Å². The molecular weight excluding hydrogens is 351 g/mol. The summed E-state index contributed by atoms with van der Waals surface area (Å²) in [6, 6.07) is 7.49. The zero-order valence-corrected chi connectivity index (χ0v) is 15.5. The van der Waals surface area contributed by atoms with E-state index in [0.29, 0.717) is 11.7 Å². The summed E-state index contributed by atoms with van der Waals surface area (Å²) < 4.78 is 1.10. The Morgan fingerprint density at radius 2 is 2.12 bits per heavy atom. The lowest BCUT2D eigenvalue weighted by Gasteiger charge is -2.59. The number of thiocarbonyl (C=S) groups is 1. The molecule has 3 aliphatic rings. The molecule has 2 radical (unpaired) electrons. The Morgan fingerprint density at radius 1 is 1.40 bits per heavy atom. The van der Waals surface area contributed by atoms with E-state index in [0.717, 1.165) is 41.0 Å². The van der Waals surface area contributed by atoms with Crippen molar-refractivity contribution >= 4 is 51.9 Å². The highest BCUT2D eigenvalue weighted by molar-refractivity contribution is 7.80. The van der Waals surface area contributed by atoms with E-state index in [1.165, 1.54) is 0 Å². The molecule has 2 aromatic rings. The van der Waals surface area contributed by atoms with Gasteiger partial charge < -0.3 is 21.5 Å². The third-order valence-electron chi connectivity index (χ3n) is 5.83. The Bertz CT molecular complexity index is 772. The van der Waals surface area contributed by atoms with Crippen molar-refractivity contribution in [3.8, 4) is 0 Å². The fourth-order valence-corrected chi connectivity index (χ4v) is 5.36. The molecule has 0 amide bonds. The maximum atomic E-state index is 11.2. The van der Waals surface area contributed by atoms with Crippen molar-refractivity contribution in [3.05, 3.63) is 24.3 Å². The minimum atomic E-state index is -1.02. The van der Waals surface area contributed by atoms with Crippen molar-refractivity contribution < 1.29 is 5.11 Å². The van der Waals surface area contributed by atoms with E-state index in [1.54, 1.807) is 11.3 Å². The number of fused-ring (bicyclic) bond motifs is 4. The van der Waals surface area contributed by atoms with Gasteiger partial charge in [-0.05, 0) is 48.4 Å². The average Bonchev–Trinajstić information content (AvgIpc) is 3.00.